The van der Waals surface area contributed by atoms with Gasteiger partial charge in [-0.15, -0.1) is 11.3 Å². The first-order chi connectivity index (χ1) is 12.2. The van der Waals surface area contributed by atoms with Crippen LogP contribution in [0.4, 0.5) is 11.6 Å². The maximum absolute atomic E-state index is 13.1. The minimum absolute atomic E-state index is 0.0445. The summed E-state index contributed by atoms with van der Waals surface area (Å²) in [5.74, 6) is 0.559. The van der Waals surface area contributed by atoms with Crippen molar-refractivity contribution in [3.63, 3.8) is 0 Å². The second kappa shape index (κ2) is 6.34. The molecule has 4 rings (SSSR count). The summed E-state index contributed by atoms with van der Waals surface area (Å²) in [7, 11) is 0. The smallest absolute Gasteiger partial charge is 0.263 e. The largest absolute Gasteiger partial charge is 0.325 e. The normalized spacial score (nSPS) is 13.4. The van der Waals surface area contributed by atoms with Crippen molar-refractivity contribution >= 4 is 33.2 Å². The highest BCUT2D eigenvalue weighted by Crippen LogP contribution is 2.34. The molecule has 6 heteroatoms. The molecular formula is C19H18N4OS. The van der Waals surface area contributed by atoms with Gasteiger partial charge in [0.15, 0.2) is 0 Å². The number of benzene rings is 1. The molecule has 1 aliphatic rings. The zero-order valence-corrected chi connectivity index (χ0v) is 14.8. The highest BCUT2D eigenvalue weighted by atomic mass is 32.1. The van der Waals surface area contributed by atoms with Crippen LogP contribution < -0.4 is 10.9 Å². The monoisotopic (exact) mass is 350 g/mol. The van der Waals surface area contributed by atoms with Gasteiger partial charge in [-0.1, -0.05) is 0 Å². The van der Waals surface area contributed by atoms with E-state index in [2.05, 4.69) is 11.4 Å². The predicted molar refractivity (Wildman–Crippen MR) is 101 cm³/mol. The molecule has 25 heavy (non-hydrogen) atoms. The fourth-order valence-corrected chi connectivity index (χ4v) is 4.64. The molecule has 2 aromatic heterocycles. The summed E-state index contributed by atoms with van der Waals surface area (Å²) >= 11 is 1.66. The lowest BCUT2D eigenvalue weighted by Crippen LogP contribution is -2.23. The fourth-order valence-electron chi connectivity index (χ4n) is 3.38. The van der Waals surface area contributed by atoms with Crippen LogP contribution >= 0.6 is 11.3 Å². The third kappa shape index (κ3) is 2.71. The Kier molecular flexibility index (Phi) is 4.02. The van der Waals surface area contributed by atoms with Crippen molar-refractivity contribution in [1.29, 1.82) is 5.26 Å². The van der Waals surface area contributed by atoms with Gasteiger partial charge in [0.05, 0.1) is 17.0 Å². The van der Waals surface area contributed by atoms with Crippen LogP contribution in [0.1, 0.15) is 35.8 Å². The quantitative estimate of drug-likeness (QED) is 0.776. The summed E-state index contributed by atoms with van der Waals surface area (Å²) in [6.07, 6.45) is 4.38. The average molecular weight is 350 g/mol. The van der Waals surface area contributed by atoms with Crippen LogP contribution in [0.25, 0.3) is 10.2 Å². The van der Waals surface area contributed by atoms with Crippen molar-refractivity contribution < 1.29 is 0 Å². The molecule has 0 aliphatic heterocycles. The zero-order chi connectivity index (χ0) is 17.4. The van der Waals surface area contributed by atoms with Crippen LogP contribution in [0.2, 0.25) is 0 Å². The number of hydrogen-bond donors (Lipinski definition) is 1. The first-order valence-corrected chi connectivity index (χ1v) is 9.35. The number of nitriles is 1. The van der Waals surface area contributed by atoms with Gasteiger partial charge in [0, 0.05) is 17.1 Å². The molecule has 1 aliphatic carbocycles. The van der Waals surface area contributed by atoms with Crippen LogP contribution in [0.5, 0.6) is 0 Å². The molecule has 0 unspecified atom stereocenters. The molecule has 0 spiro atoms. The molecule has 0 bridgehead atoms. The molecule has 126 valence electrons. The molecule has 0 fully saturated rings. The summed E-state index contributed by atoms with van der Waals surface area (Å²) in [5.41, 5.74) is 2.68. The summed E-state index contributed by atoms with van der Waals surface area (Å²) < 4.78 is 1.70. The topological polar surface area (TPSA) is 70.7 Å². The molecule has 0 saturated carbocycles. The SMILES string of the molecule is CCn1c(Nc2ccc(C#N)cc2)nc2sc3c(c2c1=O)CCCC3. The zero-order valence-electron chi connectivity index (χ0n) is 14.0. The Labute approximate surface area is 149 Å². The third-order valence-corrected chi connectivity index (χ3v) is 5.85. The van der Waals surface area contributed by atoms with Crippen LogP contribution in [0, 0.1) is 11.3 Å². The molecule has 1 N–H and O–H groups in total. The van der Waals surface area contributed by atoms with Crippen molar-refractivity contribution in [3.8, 4) is 6.07 Å². The van der Waals surface area contributed by atoms with E-state index in [0.717, 1.165) is 35.2 Å². The summed E-state index contributed by atoms with van der Waals surface area (Å²) in [4.78, 5) is 20.0. The van der Waals surface area contributed by atoms with Gasteiger partial charge in [0.25, 0.3) is 5.56 Å². The van der Waals surface area contributed by atoms with Gasteiger partial charge in [-0.3, -0.25) is 9.36 Å². The van der Waals surface area contributed by atoms with Crippen LogP contribution in [0.3, 0.4) is 0 Å². The standard InChI is InChI=1S/C19H18N4OS/c1-2-23-18(24)16-14-5-3-4-6-15(14)25-17(16)22-19(23)21-13-9-7-12(11-20)8-10-13/h7-10H,2-6H2,1H3,(H,21,22). The highest BCUT2D eigenvalue weighted by molar-refractivity contribution is 7.18. The van der Waals surface area contributed by atoms with Gasteiger partial charge >= 0.3 is 0 Å². The van der Waals surface area contributed by atoms with E-state index in [1.165, 1.54) is 16.9 Å². The molecule has 0 atom stereocenters. The Morgan fingerprint density at radius 2 is 2.04 bits per heavy atom. The van der Waals surface area contributed by atoms with E-state index in [1.807, 2.05) is 19.1 Å². The van der Waals surface area contributed by atoms with Crippen molar-refractivity contribution in [2.75, 3.05) is 5.32 Å². The van der Waals surface area contributed by atoms with Gasteiger partial charge in [-0.05, 0) is 62.4 Å². The minimum Gasteiger partial charge on any atom is -0.325 e. The van der Waals surface area contributed by atoms with Gasteiger partial charge in [-0.2, -0.15) is 5.26 Å². The molecular weight excluding hydrogens is 332 g/mol. The number of aromatic nitrogens is 2. The molecule has 0 radical (unpaired) electrons. The maximum atomic E-state index is 13.1. The molecule has 3 aromatic rings. The second-order valence-electron chi connectivity index (χ2n) is 6.19. The first-order valence-electron chi connectivity index (χ1n) is 8.53. The number of aryl methyl sites for hydroxylation is 2. The number of hydrogen-bond acceptors (Lipinski definition) is 5. The van der Waals surface area contributed by atoms with Gasteiger partial charge in [0.2, 0.25) is 5.95 Å². The van der Waals surface area contributed by atoms with E-state index < -0.39 is 0 Å². The van der Waals surface area contributed by atoms with E-state index >= 15 is 0 Å². The van der Waals surface area contributed by atoms with Crippen molar-refractivity contribution in [2.24, 2.45) is 0 Å². The van der Waals surface area contributed by atoms with Gasteiger partial charge in [0.1, 0.15) is 4.83 Å². The molecule has 2 heterocycles. The van der Waals surface area contributed by atoms with Crippen molar-refractivity contribution in [2.45, 2.75) is 39.2 Å². The molecule has 5 nitrogen and oxygen atoms in total. The number of rotatable bonds is 3. The number of fused-ring (bicyclic) bond motifs is 3. The Hall–Kier alpha value is -2.65. The minimum atomic E-state index is 0.0445. The molecule has 0 saturated heterocycles. The molecule has 1 aromatic carbocycles. The van der Waals surface area contributed by atoms with E-state index in [-0.39, 0.29) is 5.56 Å². The van der Waals surface area contributed by atoms with Gasteiger partial charge < -0.3 is 5.32 Å². The van der Waals surface area contributed by atoms with Gasteiger partial charge in [-0.25, -0.2) is 4.98 Å². The maximum Gasteiger partial charge on any atom is 0.263 e. The average Bonchev–Trinajstić information content (AvgIpc) is 3.01. The highest BCUT2D eigenvalue weighted by Gasteiger charge is 2.21. The van der Waals surface area contributed by atoms with Crippen LogP contribution in [-0.2, 0) is 19.4 Å². The lowest BCUT2D eigenvalue weighted by Gasteiger charge is -2.13. The van der Waals surface area contributed by atoms with E-state index in [4.69, 9.17) is 10.2 Å². The Morgan fingerprint density at radius 1 is 1.28 bits per heavy atom. The number of anilines is 2. The fraction of sp³-hybridized carbons (Fsp3) is 0.316. The second-order valence-corrected chi connectivity index (χ2v) is 7.27. The number of nitrogens with one attached hydrogen (secondary N) is 1. The third-order valence-electron chi connectivity index (χ3n) is 4.66. The predicted octanol–water partition coefficient (Wildman–Crippen LogP) is 3.97. The van der Waals surface area contributed by atoms with Crippen LogP contribution in [0.15, 0.2) is 29.1 Å². The summed E-state index contributed by atoms with van der Waals surface area (Å²) in [6, 6.07) is 9.26. The van der Waals surface area contributed by atoms with Crippen molar-refractivity contribution in [3.05, 3.63) is 50.6 Å². The molecule has 0 amide bonds. The Morgan fingerprint density at radius 3 is 2.76 bits per heavy atom. The number of thiophene rings is 1. The lowest BCUT2D eigenvalue weighted by molar-refractivity contribution is 0.696. The first kappa shape index (κ1) is 15.9. The summed E-state index contributed by atoms with van der Waals surface area (Å²) in [6.45, 7) is 2.52. The Bertz CT molecular complexity index is 1040. The summed E-state index contributed by atoms with van der Waals surface area (Å²) in [5, 5.41) is 13.0. The van der Waals surface area contributed by atoms with Crippen molar-refractivity contribution in [1.82, 2.24) is 9.55 Å². The lowest BCUT2D eigenvalue weighted by atomic mass is 9.97. The van der Waals surface area contributed by atoms with E-state index in [1.54, 1.807) is 28.0 Å². The van der Waals surface area contributed by atoms with E-state index in [0.29, 0.717) is 18.1 Å². The Balaban J connectivity index is 1.83. The van der Waals surface area contributed by atoms with Crippen LogP contribution in [-0.4, -0.2) is 9.55 Å². The van der Waals surface area contributed by atoms with E-state index in [9.17, 15) is 4.79 Å². The number of nitrogens with zero attached hydrogens (tertiary/aromatic N) is 3.